The van der Waals surface area contributed by atoms with Crippen molar-refractivity contribution in [2.75, 3.05) is 13.1 Å². The van der Waals surface area contributed by atoms with Crippen molar-refractivity contribution in [1.82, 2.24) is 10.2 Å². The second-order valence-corrected chi connectivity index (χ2v) is 6.70. The lowest BCUT2D eigenvalue weighted by molar-refractivity contribution is -0.132. The van der Waals surface area contributed by atoms with Crippen LogP contribution in [0, 0.1) is 6.92 Å². The Morgan fingerprint density at radius 3 is 2.67 bits per heavy atom. The molecule has 1 saturated carbocycles. The van der Waals surface area contributed by atoms with Crippen LogP contribution in [0.15, 0.2) is 24.3 Å². The first-order valence-corrected chi connectivity index (χ1v) is 8.25. The highest BCUT2D eigenvalue weighted by Gasteiger charge is 2.33. The smallest absolute Gasteiger partial charge is 0.239 e. The van der Waals surface area contributed by atoms with Gasteiger partial charge in [-0.2, -0.15) is 0 Å². The van der Waals surface area contributed by atoms with Crippen LogP contribution >= 0.6 is 0 Å². The lowest BCUT2D eigenvalue weighted by atomic mass is 9.75. The number of amides is 1. The number of hydrogen-bond acceptors (Lipinski definition) is 2. The molecule has 0 spiro atoms. The van der Waals surface area contributed by atoms with Crippen molar-refractivity contribution >= 4 is 5.91 Å². The molecule has 1 N–H and O–H groups in total. The Balaban J connectivity index is 1.47. The normalized spacial score (nSPS) is 26.5. The molecule has 3 nitrogen and oxygen atoms in total. The van der Waals surface area contributed by atoms with E-state index < -0.39 is 0 Å². The van der Waals surface area contributed by atoms with Crippen molar-refractivity contribution < 1.29 is 4.79 Å². The van der Waals surface area contributed by atoms with Gasteiger partial charge in [-0.15, -0.1) is 0 Å². The second kappa shape index (κ2) is 6.18. The molecule has 2 fully saturated rings. The van der Waals surface area contributed by atoms with Crippen LogP contribution in [0.4, 0.5) is 0 Å². The zero-order valence-electron chi connectivity index (χ0n) is 13.1. The van der Waals surface area contributed by atoms with E-state index in [4.69, 9.17) is 0 Å². The van der Waals surface area contributed by atoms with E-state index in [9.17, 15) is 4.79 Å². The molecule has 1 saturated heterocycles. The van der Waals surface area contributed by atoms with Crippen molar-refractivity contribution in [3.63, 3.8) is 0 Å². The molecule has 3 rings (SSSR count). The summed E-state index contributed by atoms with van der Waals surface area (Å²) in [7, 11) is 0. The Morgan fingerprint density at radius 1 is 1.29 bits per heavy atom. The third-order valence-corrected chi connectivity index (χ3v) is 4.93. The summed E-state index contributed by atoms with van der Waals surface area (Å²) in [6, 6.07) is 9.27. The van der Waals surface area contributed by atoms with E-state index in [0.717, 1.165) is 38.8 Å². The maximum absolute atomic E-state index is 12.3. The minimum Gasteiger partial charge on any atom is -0.341 e. The fourth-order valence-electron chi connectivity index (χ4n) is 3.59. The third kappa shape index (κ3) is 3.29. The van der Waals surface area contributed by atoms with E-state index in [0.29, 0.717) is 12.0 Å². The van der Waals surface area contributed by atoms with Crippen LogP contribution in [-0.4, -0.2) is 36.0 Å². The zero-order chi connectivity index (χ0) is 14.8. The van der Waals surface area contributed by atoms with Crippen molar-refractivity contribution in [3.05, 3.63) is 35.4 Å². The summed E-state index contributed by atoms with van der Waals surface area (Å²) in [5.41, 5.74) is 2.79. The topological polar surface area (TPSA) is 32.3 Å². The quantitative estimate of drug-likeness (QED) is 0.923. The fourth-order valence-corrected chi connectivity index (χ4v) is 3.59. The van der Waals surface area contributed by atoms with Crippen LogP contribution in [0.3, 0.4) is 0 Å². The lowest BCUT2D eigenvalue weighted by Gasteiger charge is -2.38. The van der Waals surface area contributed by atoms with Crippen LogP contribution in [0.2, 0.25) is 0 Å². The molecule has 1 aromatic carbocycles. The molecule has 1 aliphatic heterocycles. The van der Waals surface area contributed by atoms with Crippen LogP contribution in [-0.2, 0) is 4.79 Å². The number of nitrogens with one attached hydrogen (secondary N) is 1. The van der Waals surface area contributed by atoms with Crippen molar-refractivity contribution in [2.45, 2.75) is 57.5 Å². The van der Waals surface area contributed by atoms with Gasteiger partial charge in [-0.1, -0.05) is 29.8 Å². The van der Waals surface area contributed by atoms with Gasteiger partial charge >= 0.3 is 0 Å². The molecule has 2 aliphatic rings. The summed E-state index contributed by atoms with van der Waals surface area (Å²) >= 11 is 0. The number of aryl methyl sites for hydroxylation is 1. The van der Waals surface area contributed by atoms with Gasteiger partial charge in [0.25, 0.3) is 0 Å². The number of hydrogen-bond donors (Lipinski definition) is 1. The van der Waals surface area contributed by atoms with Crippen LogP contribution in [0.1, 0.15) is 49.7 Å². The lowest BCUT2D eigenvalue weighted by Crippen LogP contribution is -2.51. The average molecular weight is 286 g/mol. The molecular weight excluding hydrogens is 260 g/mol. The third-order valence-electron chi connectivity index (χ3n) is 4.93. The Hall–Kier alpha value is -1.35. The van der Waals surface area contributed by atoms with E-state index in [-0.39, 0.29) is 11.9 Å². The van der Waals surface area contributed by atoms with Gasteiger partial charge in [0.05, 0.1) is 6.04 Å². The molecular formula is C18H26N2O. The Kier molecular flexibility index (Phi) is 4.29. The van der Waals surface area contributed by atoms with Crippen LogP contribution in [0.25, 0.3) is 0 Å². The number of benzene rings is 1. The Labute approximate surface area is 127 Å². The minimum absolute atomic E-state index is 0.0356. The predicted octanol–water partition coefficient (Wildman–Crippen LogP) is 2.84. The van der Waals surface area contributed by atoms with Gasteiger partial charge in [-0.05, 0) is 51.0 Å². The molecule has 0 aromatic heterocycles. The minimum atomic E-state index is -0.0356. The summed E-state index contributed by atoms with van der Waals surface area (Å²) in [5, 5.41) is 3.52. The SMILES string of the molecule is Cc1cccc(C2CC(NC(C)C(=O)N3CCCC3)C2)c1. The maximum Gasteiger partial charge on any atom is 0.239 e. The van der Waals surface area contributed by atoms with Gasteiger partial charge in [0.2, 0.25) is 5.91 Å². The van der Waals surface area contributed by atoms with Crippen molar-refractivity contribution in [3.8, 4) is 0 Å². The van der Waals surface area contributed by atoms with Gasteiger partial charge in [0.15, 0.2) is 0 Å². The molecule has 1 atom stereocenters. The van der Waals surface area contributed by atoms with E-state index in [1.165, 1.54) is 11.1 Å². The summed E-state index contributed by atoms with van der Waals surface area (Å²) in [6.45, 7) is 6.05. The first-order valence-electron chi connectivity index (χ1n) is 8.25. The first kappa shape index (κ1) is 14.6. The molecule has 1 heterocycles. The molecule has 1 aliphatic carbocycles. The fraction of sp³-hybridized carbons (Fsp3) is 0.611. The van der Waals surface area contributed by atoms with E-state index >= 15 is 0 Å². The number of carbonyl (C=O) groups excluding carboxylic acids is 1. The molecule has 1 unspecified atom stereocenters. The van der Waals surface area contributed by atoms with Crippen molar-refractivity contribution in [2.24, 2.45) is 0 Å². The highest BCUT2D eigenvalue weighted by atomic mass is 16.2. The highest BCUT2D eigenvalue weighted by Crippen LogP contribution is 2.37. The van der Waals surface area contributed by atoms with Gasteiger partial charge in [-0.25, -0.2) is 0 Å². The highest BCUT2D eigenvalue weighted by molar-refractivity contribution is 5.81. The number of rotatable bonds is 4. The molecule has 0 bridgehead atoms. The molecule has 114 valence electrons. The summed E-state index contributed by atoms with van der Waals surface area (Å²) < 4.78 is 0. The Morgan fingerprint density at radius 2 is 2.00 bits per heavy atom. The average Bonchev–Trinajstić information content (AvgIpc) is 2.95. The summed E-state index contributed by atoms with van der Waals surface area (Å²) in [6.07, 6.45) is 4.64. The van der Waals surface area contributed by atoms with Crippen LogP contribution in [0.5, 0.6) is 0 Å². The number of carbonyl (C=O) groups is 1. The predicted molar refractivity (Wildman–Crippen MR) is 85.4 cm³/mol. The van der Waals surface area contributed by atoms with Crippen LogP contribution < -0.4 is 5.32 Å². The maximum atomic E-state index is 12.3. The molecule has 0 radical (unpaired) electrons. The van der Waals surface area contributed by atoms with Gasteiger partial charge in [-0.3, -0.25) is 4.79 Å². The van der Waals surface area contributed by atoms with Gasteiger partial charge in [0.1, 0.15) is 0 Å². The summed E-state index contributed by atoms with van der Waals surface area (Å²) in [5.74, 6) is 0.947. The zero-order valence-corrected chi connectivity index (χ0v) is 13.1. The standard InChI is InChI=1S/C18H26N2O/c1-13-6-5-7-15(10-13)16-11-17(12-16)19-14(2)18(21)20-8-3-4-9-20/h5-7,10,14,16-17,19H,3-4,8-9,11-12H2,1-2H3. The van der Waals surface area contributed by atoms with Crippen molar-refractivity contribution in [1.29, 1.82) is 0 Å². The van der Waals surface area contributed by atoms with Gasteiger partial charge < -0.3 is 10.2 Å². The van der Waals surface area contributed by atoms with E-state index in [1.807, 2.05) is 11.8 Å². The largest absolute Gasteiger partial charge is 0.341 e. The van der Waals surface area contributed by atoms with E-state index in [1.54, 1.807) is 0 Å². The second-order valence-electron chi connectivity index (χ2n) is 6.70. The summed E-state index contributed by atoms with van der Waals surface area (Å²) in [4.78, 5) is 14.3. The number of nitrogens with zero attached hydrogens (tertiary/aromatic N) is 1. The van der Waals surface area contributed by atoms with E-state index in [2.05, 4.69) is 36.5 Å². The molecule has 21 heavy (non-hydrogen) atoms. The molecule has 3 heteroatoms. The number of likely N-dealkylation sites (tertiary alicyclic amines) is 1. The first-order chi connectivity index (χ1) is 10.1. The Bertz CT molecular complexity index is 502. The monoisotopic (exact) mass is 286 g/mol. The molecule has 1 aromatic rings. The molecule has 1 amide bonds. The van der Waals surface area contributed by atoms with Gasteiger partial charge in [0, 0.05) is 19.1 Å².